The molecule has 1 fully saturated rings. The minimum atomic E-state index is -0.713. The Morgan fingerprint density at radius 1 is 1.04 bits per heavy atom. The van der Waals surface area contributed by atoms with Crippen molar-refractivity contribution in [2.45, 2.75) is 18.9 Å². The summed E-state index contributed by atoms with van der Waals surface area (Å²) in [7, 11) is 0. The molecule has 26 heavy (non-hydrogen) atoms. The number of nitrogens with one attached hydrogen (secondary N) is 1. The minimum absolute atomic E-state index is 0.122. The standard InChI is InChI=1S/C22H20N2O2/c25-22(26)20-12-19(20)18-9-10-21(24-14-18)23-13-15-5-4-8-17(11-15)16-6-2-1-3-7-16/h1-11,14,19-20H,12-13H2,(H,23,24)(H,25,26). The molecule has 130 valence electrons. The summed E-state index contributed by atoms with van der Waals surface area (Å²) in [5, 5.41) is 12.4. The van der Waals surface area contributed by atoms with Gasteiger partial charge in [0.2, 0.25) is 0 Å². The van der Waals surface area contributed by atoms with Gasteiger partial charge in [-0.2, -0.15) is 0 Å². The maximum absolute atomic E-state index is 11.0. The number of pyridine rings is 1. The van der Waals surface area contributed by atoms with Crippen molar-refractivity contribution in [3.63, 3.8) is 0 Å². The molecule has 4 rings (SSSR count). The van der Waals surface area contributed by atoms with Gasteiger partial charge in [-0.1, -0.05) is 54.6 Å². The summed E-state index contributed by atoms with van der Waals surface area (Å²) in [6.45, 7) is 0.689. The van der Waals surface area contributed by atoms with Gasteiger partial charge in [0.1, 0.15) is 5.82 Å². The Kier molecular flexibility index (Phi) is 4.40. The van der Waals surface area contributed by atoms with Crippen LogP contribution in [-0.4, -0.2) is 16.1 Å². The highest BCUT2D eigenvalue weighted by atomic mass is 16.4. The van der Waals surface area contributed by atoms with Crippen molar-refractivity contribution >= 4 is 11.8 Å². The number of benzene rings is 2. The molecule has 0 saturated heterocycles. The molecule has 1 saturated carbocycles. The van der Waals surface area contributed by atoms with Crippen LogP contribution in [0.15, 0.2) is 72.9 Å². The zero-order chi connectivity index (χ0) is 17.9. The van der Waals surface area contributed by atoms with Gasteiger partial charge in [-0.3, -0.25) is 4.79 Å². The number of nitrogens with zero attached hydrogens (tertiary/aromatic N) is 1. The van der Waals surface area contributed by atoms with Crippen LogP contribution in [0.25, 0.3) is 11.1 Å². The van der Waals surface area contributed by atoms with E-state index in [2.05, 4.69) is 46.7 Å². The molecular formula is C22H20N2O2. The molecule has 1 aromatic heterocycles. The summed E-state index contributed by atoms with van der Waals surface area (Å²) >= 11 is 0. The van der Waals surface area contributed by atoms with Gasteiger partial charge in [0.15, 0.2) is 0 Å². The molecule has 2 atom stereocenters. The summed E-state index contributed by atoms with van der Waals surface area (Å²) in [4.78, 5) is 15.4. The van der Waals surface area contributed by atoms with Crippen molar-refractivity contribution in [2.24, 2.45) is 5.92 Å². The van der Waals surface area contributed by atoms with Crippen LogP contribution in [0.2, 0.25) is 0 Å². The highest BCUT2D eigenvalue weighted by molar-refractivity contribution is 5.75. The van der Waals surface area contributed by atoms with E-state index in [9.17, 15) is 4.79 Å². The molecule has 2 aromatic carbocycles. The number of aliphatic carboxylic acids is 1. The number of hydrogen-bond donors (Lipinski definition) is 2. The molecule has 4 heteroatoms. The molecule has 0 radical (unpaired) electrons. The average molecular weight is 344 g/mol. The number of carboxylic acid groups (broad SMARTS) is 1. The first kappa shape index (κ1) is 16.3. The van der Waals surface area contributed by atoms with Gasteiger partial charge in [0.25, 0.3) is 0 Å². The van der Waals surface area contributed by atoms with Crippen molar-refractivity contribution in [1.82, 2.24) is 4.98 Å². The third kappa shape index (κ3) is 3.59. The normalized spacial score (nSPS) is 18.3. The van der Waals surface area contributed by atoms with E-state index in [0.717, 1.165) is 17.8 Å². The van der Waals surface area contributed by atoms with Gasteiger partial charge < -0.3 is 10.4 Å². The Bertz CT molecular complexity index is 907. The van der Waals surface area contributed by atoms with E-state index in [-0.39, 0.29) is 11.8 Å². The number of carbonyl (C=O) groups is 1. The third-order valence-corrected chi connectivity index (χ3v) is 4.83. The lowest BCUT2D eigenvalue weighted by Gasteiger charge is -2.09. The summed E-state index contributed by atoms with van der Waals surface area (Å²) in [6.07, 6.45) is 2.51. The molecule has 2 N–H and O–H groups in total. The minimum Gasteiger partial charge on any atom is -0.481 e. The second kappa shape index (κ2) is 7.00. The van der Waals surface area contributed by atoms with Gasteiger partial charge in [0.05, 0.1) is 5.92 Å². The first-order chi connectivity index (χ1) is 12.7. The Labute approximate surface area is 152 Å². The molecule has 1 aliphatic rings. The van der Waals surface area contributed by atoms with Crippen LogP contribution in [0.1, 0.15) is 23.5 Å². The number of rotatable bonds is 6. The number of hydrogen-bond acceptors (Lipinski definition) is 3. The van der Waals surface area contributed by atoms with Gasteiger partial charge in [-0.05, 0) is 46.7 Å². The van der Waals surface area contributed by atoms with Crippen molar-refractivity contribution in [1.29, 1.82) is 0 Å². The smallest absolute Gasteiger partial charge is 0.307 e. The van der Waals surface area contributed by atoms with Gasteiger partial charge in [-0.15, -0.1) is 0 Å². The van der Waals surface area contributed by atoms with E-state index in [1.165, 1.54) is 16.7 Å². The van der Waals surface area contributed by atoms with E-state index in [4.69, 9.17) is 5.11 Å². The topological polar surface area (TPSA) is 62.2 Å². The first-order valence-corrected chi connectivity index (χ1v) is 8.78. The molecule has 1 heterocycles. The molecule has 0 aliphatic heterocycles. The first-order valence-electron chi connectivity index (χ1n) is 8.78. The fourth-order valence-electron chi connectivity index (χ4n) is 3.25. The van der Waals surface area contributed by atoms with Crippen LogP contribution >= 0.6 is 0 Å². The van der Waals surface area contributed by atoms with Crippen LogP contribution in [0.5, 0.6) is 0 Å². The quantitative estimate of drug-likeness (QED) is 0.689. The van der Waals surface area contributed by atoms with E-state index in [1.807, 2.05) is 30.3 Å². The molecule has 0 amide bonds. The van der Waals surface area contributed by atoms with Crippen LogP contribution < -0.4 is 5.32 Å². The summed E-state index contributed by atoms with van der Waals surface area (Å²) < 4.78 is 0. The maximum atomic E-state index is 11.0. The SMILES string of the molecule is O=C(O)C1CC1c1ccc(NCc2cccc(-c3ccccc3)c2)nc1. The zero-order valence-corrected chi connectivity index (χ0v) is 14.3. The Balaban J connectivity index is 1.39. The van der Waals surface area contributed by atoms with Gasteiger partial charge in [0, 0.05) is 12.7 Å². The lowest BCUT2D eigenvalue weighted by molar-refractivity contribution is -0.138. The maximum Gasteiger partial charge on any atom is 0.307 e. The van der Waals surface area contributed by atoms with E-state index in [1.54, 1.807) is 6.20 Å². The third-order valence-electron chi connectivity index (χ3n) is 4.83. The van der Waals surface area contributed by atoms with Crippen LogP contribution in [0, 0.1) is 5.92 Å². The molecule has 0 spiro atoms. The molecule has 1 aliphatic carbocycles. The second-order valence-electron chi connectivity index (χ2n) is 6.68. The van der Waals surface area contributed by atoms with Crippen LogP contribution in [0.3, 0.4) is 0 Å². The fourth-order valence-corrected chi connectivity index (χ4v) is 3.25. The largest absolute Gasteiger partial charge is 0.481 e. The Morgan fingerprint density at radius 3 is 2.54 bits per heavy atom. The average Bonchev–Trinajstić information content (AvgIpc) is 3.49. The highest BCUT2D eigenvalue weighted by Gasteiger charge is 2.44. The zero-order valence-electron chi connectivity index (χ0n) is 14.3. The van der Waals surface area contributed by atoms with Crippen molar-refractivity contribution < 1.29 is 9.90 Å². The van der Waals surface area contributed by atoms with Gasteiger partial charge >= 0.3 is 5.97 Å². The number of carboxylic acids is 1. The van der Waals surface area contributed by atoms with Crippen molar-refractivity contribution in [3.8, 4) is 11.1 Å². The monoisotopic (exact) mass is 344 g/mol. The number of anilines is 1. The summed E-state index contributed by atoms with van der Waals surface area (Å²) in [5.41, 5.74) is 4.59. The fraction of sp³-hybridized carbons (Fsp3) is 0.182. The molecular weight excluding hydrogens is 324 g/mol. The number of aromatic nitrogens is 1. The van der Waals surface area contributed by atoms with E-state index >= 15 is 0 Å². The lowest BCUT2D eigenvalue weighted by atomic mass is 10.0. The lowest BCUT2D eigenvalue weighted by Crippen LogP contribution is -2.02. The van der Waals surface area contributed by atoms with Crippen LogP contribution in [0.4, 0.5) is 5.82 Å². The van der Waals surface area contributed by atoms with Crippen LogP contribution in [-0.2, 0) is 11.3 Å². The molecule has 3 aromatic rings. The van der Waals surface area contributed by atoms with E-state index in [0.29, 0.717) is 6.54 Å². The Hall–Kier alpha value is -3.14. The summed E-state index contributed by atoms with van der Waals surface area (Å²) in [6, 6.07) is 22.7. The molecule has 0 bridgehead atoms. The van der Waals surface area contributed by atoms with Gasteiger partial charge in [-0.25, -0.2) is 4.98 Å². The van der Waals surface area contributed by atoms with Crippen molar-refractivity contribution in [2.75, 3.05) is 5.32 Å². The summed E-state index contributed by atoms with van der Waals surface area (Å²) in [5.74, 6) is -0.0326. The van der Waals surface area contributed by atoms with E-state index < -0.39 is 5.97 Å². The Morgan fingerprint density at radius 2 is 1.85 bits per heavy atom. The predicted octanol–water partition coefficient (Wildman–Crippen LogP) is 4.55. The second-order valence-corrected chi connectivity index (χ2v) is 6.68. The highest BCUT2D eigenvalue weighted by Crippen LogP contribution is 2.47. The predicted molar refractivity (Wildman–Crippen MR) is 102 cm³/mol. The molecule has 4 nitrogen and oxygen atoms in total. The van der Waals surface area contributed by atoms with Crippen molar-refractivity contribution in [3.05, 3.63) is 84.1 Å². The molecule has 2 unspecified atom stereocenters.